The van der Waals surface area contributed by atoms with Crippen molar-refractivity contribution < 1.29 is 9.22 Å². The van der Waals surface area contributed by atoms with Crippen molar-refractivity contribution >= 4 is 32.4 Å². The zero-order valence-corrected chi connectivity index (χ0v) is 24.2. The molecule has 3 heteroatoms. The third kappa shape index (κ3) is 4.40. The molecular formula is C39H39N2O+. The van der Waals surface area contributed by atoms with Crippen molar-refractivity contribution in [2.24, 2.45) is 17.8 Å². The summed E-state index contributed by atoms with van der Waals surface area (Å²) in [6.45, 7) is 16.2. The SMILES string of the molecule is C=CCO[C@H](c1ccnc2ccccc12)[C@@H]1CC2[C@@H](C=C)C[N+]1(Cc1c3ccccc3cc3ccccc13)C[C@@H]2C=C. The predicted molar refractivity (Wildman–Crippen MR) is 175 cm³/mol. The number of rotatable bonds is 9. The van der Waals surface area contributed by atoms with Gasteiger partial charge in [0.1, 0.15) is 18.7 Å². The third-order valence-corrected chi connectivity index (χ3v) is 10.2. The van der Waals surface area contributed by atoms with Gasteiger partial charge in [0, 0.05) is 35.4 Å². The van der Waals surface area contributed by atoms with Gasteiger partial charge in [-0.2, -0.15) is 0 Å². The van der Waals surface area contributed by atoms with E-state index in [1.165, 1.54) is 38.1 Å². The molecular weight excluding hydrogens is 512 g/mol. The van der Waals surface area contributed by atoms with Crippen LogP contribution in [0.1, 0.15) is 23.7 Å². The first-order chi connectivity index (χ1) is 20.7. The summed E-state index contributed by atoms with van der Waals surface area (Å²) in [7, 11) is 0. The molecule has 3 aliphatic heterocycles. The Kier molecular flexibility index (Phi) is 7.01. The number of para-hydroxylation sites is 1. The standard InChI is InChI=1S/C39H39N2O/c1-4-21-42-39(34-19-20-40-37-18-12-11-17-33(34)37)38-23-35-27(5-2)24-41(38,25-28(35)6-3)26-36-31-15-9-7-13-29(31)22-30-14-8-10-16-32(30)36/h4-20,22,27-28,35,38-39H,1-3,21,23-26H2/q+1/t27-,28-,35?,38-,39+,41?/m0/s1. The van der Waals surface area contributed by atoms with Crippen LogP contribution >= 0.6 is 0 Å². The molecule has 8 rings (SSSR count). The van der Waals surface area contributed by atoms with Crippen molar-refractivity contribution in [1.82, 2.24) is 4.98 Å². The van der Waals surface area contributed by atoms with Crippen LogP contribution in [0.3, 0.4) is 0 Å². The highest BCUT2D eigenvalue weighted by Crippen LogP contribution is 2.52. The number of fused-ring (bicyclic) bond motifs is 6. The van der Waals surface area contributed by atoms with Gasteiger partial charge >= 0.3 is 0 Å². The first kappa shape index (κ1) is 26.8. The molecule has 42 heavy (non-hydrogen) atoms. The summed E-state index contributed by atoms with van der Waals surface area (Å²) in [5, 5.41) is 6.46. The van der Waals surface area contributed by atoms with Gasteiger partial charge in [-0.15, -0.1) is 19.7 Å². The molecule has 3 aliphatic rings. The van der Waals surface area contributed by atoms with Crippen LogP contribution in [0.25, 0.3) is 32.4 Å². The zero-order valence-electron chi connectivity index (χ0n) is 24.2. The van der Waals surface area contributed by atoms with E-state index in [2.05, 4.69) is 117 Å². The lowest BCUT2D eigenvalue weighted by Gasteiger charge is -2.61. The number of quaternary nitrogens is 1. The largest absolute Gasteiger partial charge is 0.363 e. The average Bonchev–Trinajstić information content (AvgIpc) is 3.04. The fourth-order valence-electron chi connectivity index (χ4n) is 8.32. The lowest BCUT2D eigenvalue weighted by molar-refractivity contribution is -0.987. The molecule has 0 unspecified atom stereocenters. The highest BCUT2D eigenvalue weighted by molar-refractivity contribution is 6.02. The van der Waals surface area contributed by atoms with Gasteiger partial charge in [0.2, 0.25) is 0 Å². The van der Waals surface area contributed by atoms with Crippen molar-refractivity contribution in [3.05, 3.63) is 140 Å². The minimum atomic E-state index is -0.0869. The number of pyridine rings is 1. The summed E-state index contributed by atoms with van der Waals surface area (Å²) < 4.78 is 7.78. The summed E-state index contributed by atoms with van der Waals surface area (Å²) in [6, 6.07) is 31.0. The molecule has 4 aromatic carbocycles. The summed E-state index contributed by atoms with van der Waals surface area (Å²) in [5.41, 5.74) is 3.67. The second-order valence-electron chi connectivity index (χ2n) is 12.3. The van der Waals surface area contributed by atoms with Gasteiger partial charge in [0.15, 0.2) is 0 Å². The van der Waals surface area contributed by atoms with E-state index in [9.17, 15) is 0 Å². The molecule has 2 bridgehead atoms. The van der Waals surface area contributed by atoms with Crippen molar-refractivity contribution in [3.8, 4) is 0 Å². The Morgan fingerprint density at radius 2 is 1.43 bits per heavy atom. The Balaban J connectivity index is 1.44. The van der Waals surface area contributed by atoms with Gasteiger partial charge < -0.3 is 9.22 Å². The van der Waals surface area contributed by atoms with E-state index in [1.54, 1.807) is 0 Å². The molecule has 0 amide bonds. The van der Waals surface area contributed by atoms with Gasteiger partial charge in [-0.1, -0.05) is 85.0 Å². The van der Waals surface area contributed by atoms with Crippen LogP contribution in [0.2, 0.25) is 0 Å². The minimum absolute atomic E-state index is 0.0869. The Labute approximate surface area is 249 Å². The van der Waals surface area contributed by atoms with E-state index in [0.717, 1.165) is 36.1 Å². The zero-order chi connectivity index (χ0) is 28.7. The summed E-state index contributed by atoms with van der Waals surface area (Å²) in [6.07, 6.45) is 9.23. The van der Waals surface area contributed by atoms with Crippen LogP contribution in [-0.4, -0.2) is 35.2 Å². The maximum absolute atomic E-state index is 6.84. The summed E-state index contributed by atoms with van der Waals surface area (Å²) in [4.78, 5) is 4.69. The smallest absolute Gasteiger partial charge is 0.135 e. The minimum Gasteiger partial charge on any atom is -0.363 e. The lowest BCUT2D eigenvalue weighted by Crippen LogP contribution is -2.70. The first-order valence-electron chi connectivity index (χ1n) is 15.2. The number of ether oxygens (including phenoxy) is 1. The molecule has 3 fully saturated rings. The van der Waals surface area contributed by atoms with E-state index < -0.39 is 0 Å². The molecule has 1 aromatic heterocycles. The van der Waals surface area contributed by atoms with Crippen molar-refractivity contribution in [2.45, 2.75) is 25.1 Å². The number of aromatic nitrogens is 1. The maximum atomic E-state index is 6.84. The quantitative estimate of drug-likeness (QED) is 0.104. The summed E-state index contributed by atoms with van der Waals surface area (Å²) >= 11 is 0. The molecule has 0 spiro atoms. The molecule has 210 valence electrons. The van der Waals surface area contributed by atoms with Gasteiger partial charge in [-0.25, -0.2) is 0 Å². The molecule has 3 nitrogen and oxygen atoms in total. The fourth-order valence-corrected chi connectivity index (χ4v) is 8.32. The predicted octanol–water partition coefficient (Wildman–Crippen LogP) is 8.81. The van der Waals surface area contributed by atoms with Crippen LogP contribution in [0, 0.1) is 17.8 Å². The number of hydrogen-bond acceptors (Lipinski definition) is 2. The van der Waals surface area contributed by atoms with Gasteiger partial charge in [0.25, 0.3) is 0 Å². The molecule has 0 N–H and O–H groups in total. The molecule has 0 saturated carbocycles. The van der Waals surface area contributed by atoms with Crippen LogP contribution in [0.15, 0.2) is 129 Å². The molecule has 0 aliphatic carbocycles. The number of hydrogen-bond donors (Lipinski definition) is 0. The van der Waals surface area contributed by atoms with E-state index in [4.69, 9.17) is 9.72 Å². The van der Waals surface area contributed by atoms with E-state index in [-0.39, 0.29) is 12.1 Å². The van der Waals surface area contributed by atoms with Crippen molar-refractivity contribution in [2.75, 3.05) is 19.7 Å². The second kappa shape index (κ2) is 11.0. The fraction of sp³-hybridized carbons (Fsp3) is 0.256. The first-order valence-corrected chi connectivity index (χ1v) is 15.2. The monoisotopic (exact) mass is 551 g/mol. The Bertz CT molecular complexity index is 1730. The van der Waals surface area contributed by atoms with Crippen molar-refractivity contribution in [1.29, 1.82) is 0 Å². The van der Waals surface area contributed by atoms with Gasteiger partial charge in [-0.3, -0.25) is 4.98 Å². The Morgan fingerprint density at radius 3 is 2.07 bits per heavy atom. The highest BCUT2D eigenvalue weighted by atomic mass is 16.5. The Hall–Kier alpha value is -4.05. The molecule has 4 heterocycles. The average molecular weight is 552 g/mol. The molecule has 4 atom stereocenters. The normalized spacial score (nSPS) is 25.9. The molecule has 5 aromatic rings. The topological polar surface area (TPSA) is 22.1 Å². The van der Waals surface area contributed by atoms with Gasteiger partial charge in [0.05, 0.1) is 25.2 Å². The number of nitrogens with zero attached hydrogens (tertiary/aromatic N) is 2. The van der Waals surface area contributed by atoms with Crippen LogP contribution < -0.4 is 0 Å². The number of piperidine rings is 3. The number of benzene rings is 4. The van der Waals surface area contributed by atoms with Gasteiger partial charge in [-0.05, 0) is 51.2 Å². The third-order valence-electron chi connectivity index (χ3n) is 10.2. The van der Waals surface area contributed by atoms with Crippen molar-refractivity contribution in [3.63, 3.8) is 0 Å². The van der Waals surface area contributed by atoms with Crippen LogP contribution in [0.5, 0.6) is 0 Å². The van der Waals surface area contributed by atoms with E-state index >= 15 is 0 Å². The van der Waals surface area contributed by atoms with E-state index in [1.807, 2.05) is 12.3 Å². The highest BCUT2D eigenvalue weighted by Gasteiger charge is 2.57. The van der Waals surface area contributed by atoms with E-state index in [0.29, 0.717) is 24.4 Å². The van der Waals surface area contributed by atoms with Crippen LogP contribution in [0.4, 0.5) is 0 Å². The molecule has 3 saturated heterocycles. The maximum Gasteiger partial charge on any atom is 0.135 e. The summed E-state index contributed by atoms with van der Waals surface area (Å²) in [5.74, 6) is 1.39. The Morgan fingerprint density at radius 1 is 0.810 bits per heavy atom. The van der Waals surface area contributed by atoms with Crippen LogP contribution in [-0.2, 0) is 11.3 Å². The second-order valence-corrected chi connectivity index (χ2v) is 12.3. The lowest BCUT2D eigenvalue weighted by atomic mass is 9.65. The molecule has 0 radical (unpaired) electrons.